The number of nitrogens with zero attached hydrogens (tertiary/aromatic N) is 1. The molecule has 2 N–H and O–H groups in total. The summed E-state index contributed by atoms with van der Waals surface area (Å²) in [4.78, 5) is 36.9. The molecule has 40 heavy (non-hydrogen) atoms. The molecule has 0 aliphatic carbocycles. The number of amides is 2. The number of hydrazone groups is 1. The van der Waals surface area contributed by atoms with Crippen molar-refractivity contribution in [2.75, 3.05) is 35.0 Å². The maximum atomic E-state index is 12.5. The van der Waals surface area contributed by atoms with E-state index >= 15 is 0 Å². The maximum Gasteiger partial charge on any atom is 0.336 e. The van der Waals surface area contributed by atoms with Crippen LogP contribution in [0.1, 0.15) is 21.5 Å². The molecule has 0 radical (unpaired) electrons. The van der Waals surface area contributed by atoms with Crippen LogP contribution in [0.2, 0.25) is 0 Å². The summed E-state index contributed by atoms with van der Waals surface area (Å²) in [6.45, 7) is -0.332. The number of carbonyl (C=O) groups excluding carboxylic acids is 3. The highest BCUT2D eigenvalue weighted by molar-refractivity contribution is 5.97. The molecule has 0 aliphatic rings. The van der Waals surface area contributed by atoms with E-state index in [4.69, 9.17) is 23.7 Å². The number of carbonyl (C=O) groups is 3. The van der Waals surface area contributed by atoms with Crippen LogP contribution >= 0.6 is 0 Å². The summed E-state index contributed by atoms with van der Waals surface area (Å²) < 4.78 is 26.4. The molecule has 0 fully saturated rings. The molecule has 0 heterocycles. The van der Waals surface area contributed by atoms with E-state index in [1.807, 2.05) is 30.3 Å². The van der Waals surface area contributed by atoms with E-state index in [9.17, 15) is 14.4 Å². The summed E-state index contributed by atoms with van der Waals surface area (Å²) in [6.07, 6.45) is 4.34. The minimum absolute atomic E-state index is 0.217. The molecule has 0 saturated heterocycles. The molecule has 0 spiro atoms. The first-order chi connectivity index (χ1) is 19.4. The number of hydrogen-bond donors (Lipinski definition) is 2. The van der Waals surface area contributed by atoms with Gasteiger partial charge < -0.3 is 29.0 Å². The summed E-state index contributed by atoms with van der Waals surface area (Å²) in [5.74, 6) is -0.163. The topological polar surface area (TPSA) is 134 Å². The smallest absolute Gasteiger partial charge is 0.336 e. The number of nitrogens with one attached hydrogen (secondary N) is 2. The van der Waals surface area contributed by atoms with Crippen molar-refractivity contribution in [3.8, 4) is 28.7 Å². The Balaban J connectivity index is 1.54. The minimum atomic E-state index is -0.565. The molecule has 0 unspecified atom stereocenters. The van der Waals surface area contributed by atoms with Gasteiger partial charge in [0.15, 0.2) is 23.0 Å². The standard InChI is InChI=1S/C29H29N3O8/c1-36-23-14-20(10-12-22(23)40-27(34)13-11-19-8-6-5-7-9-19)17-31-32-26(33)18-30-29(35)21-15-24(37-2)28(39-4)25(16-21)38-3/h5-17H,18H2,1-4H3,(H,30,35)(H,32,33)/b13-11+,31-17-. The maximum absolute atomic E-state index is 12.5. The molecular weight excluding hydrogens is 518 g/mol. The zero-order valence-electron chi connectivity index (χ0n) is 22.4. The predicted molar refractivity (Wildman–Crippen MR) is 148 cm³/mol. The fraction of sp³-hybridized carbons (Fsp3) is 0.172. The van der Waals surface area contributed by atoms with E-state index in [-0.39, 0.29) is 17.9 Å². The third-order valence-electron chi connectivity index (χ3n) is 5.35. The molecule has 208 valence electrons. The van der Waals surface area contributed by atoms with Crippen molar-refractivity contribution in [2.45, 2.75) is 0 Å². The second-order valence-corrected chi connectivity index (χ2v) is 7.97. The highest BCUT2D eigenvalue weighted by atomic mass is 16.6. The molecule has 11 heteroatoms. The molecule has 0 aromatic heterocycles. The Kier molecular flexibility index (Phi) is 10.7. The molecule has 3 aromatic rings. The Labute approximate surface area is 231 Å². The van der Waals surface area contributed by atoms with E-state index in [0.29, 0.717) is 28.6 Å². The van der Waals surface area contributed by atoms with Gasteiger partial charge >= 0.3 is 5.97 Å². The third kappa shape index (κ3) is 8.09. The summed E-state index contributed by atoms with van der Waals surface area (Å²) in [7, 11) is 5.76. The number of methoxy groups -OCH3 is 4. The van der Waals surface area contributed by atoms with Crippen LogP contribution in [0.3, 0.4) is 0 Å². The fourth-order valence-electron chi connectivity index (χ4n) is 3.41. The lowest BCUT2D eigenvalue weighted by Gasteiger charge is -2.14. The van der Waals surface area contributed by atoms with E-state index < -0.39 is 17.8 Å². The Hall–Kier alpha value is -5.32. The van der Waals surface area contributed by atoms with Gasteiger partial charge in [-0.05, 0) is 47.5 Å². The summed E-state index contributed by atoms with van der Waals surface area (Å²) in [6, 6.07) is 17.1. The van der Waals surface area contributed by atoms with Gasteiger partial charge in [0.25, 0.3) is 11.8 Å². The number of rotatable bonds is 12. The van der Waals surface area contributed by atoms with E-state index in [1.54, 1.807) is 24.3 Å². The van der Waals surface area contributed by atoms with E-state index in [2.05, 4.69) is 15.8 Å². The van der Waals surface area contributed by atoms with Crippen LogP contribution in [0.15, 0.2) is 71.8 Å². The Morgan fingerprint density at radius 3 is 2.08 bits per heavy atom. The lowest BCUT2D eigenvalue weighted by Crippen LogP contribution is -2.34. The van der Waals surface area contributed by atoms with Crippen molar-refractivity contribution in [2.24, 2.45) is 5.10 Å². The van der Waals surface area contributed by atoms with Crippen LogP contribution in [-0.2, 0) is 9.59 Å². The van der Waals surface area contributed by atoms with Gasteiger partial charge in [0.2, 0.25) is 5.75 Å². The minimum Gasteiger partial charge on any atom is -0.493 e. The molecule has 0 atom stereocenters. The van der Waals surface area contributed by atoms with Gasteiger partial charge in [-0.25, -0.2) is 10.2 Å². The van der Waals surface area contributed by atoms with Gasteiger partial charge in [-0.15, -0.1) is 0 Å². The van der Waals surface area contributed by atoms with Crippen molar-refractivity contribution in [3.63, 3.8) is 0 Å². The van der Waals surface area contributed by atoms with Crippen molar-refractivity contribution in [1.29, 1.82) is 0 Å². The Morgan fingerprint density at radius 1 is 0.775 bits per heavy atom. The van der Waals surface area contributed by atoms with E-state index in [0.717, 1.165) is 5.56 Å². The van der Waals surface area contributed by atoms with Crippen LogP contribution in [-0.4, -0.2) is 59.0 Å². The van der Waals surface area contributed by atoms with Gasteiger partial charge in [-0.2, -0.15) is 5.10 Å². The van der Waals surface area contributed by atoms with Gasteiger partial charge in [0, 0.05) is 11.6 Å². The first kappa shape index (κ1) is 29.2. The van der Waals surface area contributed by atoms with Crippen LogP contribution in [0, 0.1) is 0 Å². The van der Waals surface area contributed by atoms with Crippen molar-refractivity contribution >= 4 is 30.1 Å². The van der Waals surface area contributed by atoms with Crippen molar-refractivity contribution < 1.29 is 38.1 Å². The quantitative estimate of drug-likeness (QED) is 0.116. The first-order valence-corrected chi connectivity index (χ1v) is 11.9. The molecule has 0 aliphatic heterocycles. The number of esters is 1. The van der Waals surface area contributed by atoms with Gasteiger partial charge in [0.1, 0.15) is 0 Å². The highest BCUT2D eigenvalue weighted by Crippen LogP contribution is 2.38. The lowest BCUT2D eigenvalue weighted by molar-refractivity contribution is -0.129. The lowest BCUT2D eigenvalue weighted by atomic mass is 10.1. The molecule has 3 rings (SSSR count). The zero-order chi connectivity index (χ0) is 28.9. The van der Waals surface area contributed by atoms with E-state index in [1.165, 1.54) is 52.9 Å². The Morgan fingerprint density at radius 2 is 1.45 bits per heavy atom. The van der Waals surface area contributed by atoms with Crippen LogP contribution in [0.25, 0.3) is 6.08 Å². The summed E-state index contributed by atoms with van der Waals surface area (Å²) in [5, 5.41) is 6.39. The van der Waals surface area contributed by atoms with Gasteiger partial charge in [-0.1, -0.05) is 30.3 Å². The second-order valence-electron chi connectivity index (χ2n) is 7.97. The molecular formula is C29H29N3O8. The summed E-state index contributed by atoms with van der Waals surface area (Å²) >= 11 is 0. The SMILES string of the molecule is COc1cc(/C=N\NC(=O)CNC(=O)c2cc(OC)c(OC)c(OC)c2)ccc1OC(=O)/C=C/c1ccccc1. The van der Waals surface area contributed by atoms with Crippen LogP contribution < -0.4 is 34.4 Å². The number of ether oxygens (including phenoxy) is 5. The molecule has 0 saturated carbocycles. The summed E-state index contributed by atoms with van der Waals surface area (Å²) in [5.41, 5.74) is 3.98. The number of hydrogen-bond acceptors (Lipinski definition) is 9. The monoisotopic (exact) mass is 547 g/mol. The largest absolute Gasteiger partial charge is 0.493 e. The molecule has 3 aromatic carbocycles. The highest BCUT2D eigenvalue weighted by Gasteiger charge is 2.17. The van der Waals surface area contributed by atoms with Crippen molar-refractivity contribution in [3.05, 3.63) is 83.4 Å². The fourth-order valence-corrected chi connectivity index (χ4v) is 3.41. The average Bonchev–Trinajstić information content (AvgIpc) is 2.99. The zero-order valence-corrected chi connectivity index (χ0v) is 22.4. The van der Waals surface area contributed by atoms with Crippen molar-refractivity contribution in [1.82, 2.24) is 10.7 Å². The molecule has 0 bridgehead atoms. The van der Waals surface area contributed by atoms with Gasteiger partial charge in [-0.3, -0.25) is 9.59 Å². The average molecular weight is 548 g/mol. The normalized spacial score (nSPS) is 10.7. The molecule has 11 nitrogen and oxygen atoms in total. The van der Waals surface area contributed by atoms with Gasteiger partial charge in [0.05, 0.1) is 41.2 Å². The second kappa shape index (κ2) is 14.6. The first-order valence-electron chi connectivity index (χ1n) is 11.9. The third-order valence-corrected chi connectivity index (χ3v) is 5.35. The number of benzene rings is 3. The predicted octanol–water partition coefficient (Wildman–Crippen LogP) is 3.22. The van der Waals surface area contributed by atoms with Crippen LogP contribution in [0.5, 0.6) is 28.7 Å². The van der Waals surface area contributed by atoms with Crippen LogP contribution in [0.4, 0.5) is 0 Å². The molecule has 2 amide bonds. The Bertz CT molecular complexity index is 1380.